The van der Waals surface area contributed by atoms with E-state index in [1.54, 1.807) is 38.6 Å². The van der Waals surface area contributed by atoms with Crippen LogP contribution in [0.25, 0.3) is 11.2 Å². The summed E-state index contributed by atoms with van der Waals surface area (Å²) in [6, 6.07) is 4.58. The third-order valence-corrected chi connectivity index (χ3v) is 4.81. The van der Waals surface area contributed by atoms with E-state index in [9.17, 15) is 4.79 Å². The van der Waals surface area contributed by atoms with E-state index in [1.165, 1.54) is 0 Å². The van der Waals surface area contributed by atoms with Gasteiger partial charge in [-0.15, -0.1) is 0 Å². The average Bonchev–Trinajstić information content (AvgIpc) is 2.77. The summed E-state index contributed by atoms with van der Waals surface area (Å²) in [5.41, 5.74) is 7.72. The molecule has 1 aliphatic rings. The predicted molar refractivity (Wildman–Crippen MR) is 107 cm³/mol. The van der Waals surface area contributed by atoms with Crippen molar-refractivity contribution in [3.05, 3.63) is 46.1 Å². The lowest BCUT2D eigenvalue weighted by Crippen LogP contribution is -2.37. The van der Waals surface area contributed by atoms with Gasteiger partial charge in [0.1, 0.15) is 22.8 Å². The molecule has 0 spiro atoms. The Bertz CT molecular complexity index is 1060. The second-order valence-corrected chi connectivity index (χ2v) is 6.58. The number of ether oxygens (including phenoxy) is 3. The normalized spacial score (nSPS) is 15.3. The molecule has 10 nitrogen and oxygen atoms in total. The van der Waals surface area contributed by atoms with Crippen molar-refractivity contribution in [1.82, 2.24) is 19.9 Å². The van der Waals surface area contributed by atoms with Gasteiger partial charge in [-0.1, -0.05) is 0 Å². The van der Waals surface area contributed by atoms with E-state index in [2.05, 4.69) is 24.8 Å². The SMILES string of the molecule is COc1cc(OC)cc(C(N)c2nc(=O)[nH]c3nc(N4CCOCC4)cnc23)c1. The van der Waals surface area contributed by atoms with Crippen molar-refractivity contribution in [3.63, 3.8) is 0 Å². The van der Waals surface area contributed by atoms with Crippen molar-refractivity contribution < 1.29 is 14.2 Å². The Morgan fingerprint density at radius 3 is 2.48 bits per heavy atom. The van der Waals surface area contributed by atoms with Crippen molar-refractivity contribution in [3.8, 4) is 11.5 Å². The van der Waals surface area contributed by atoms with E-state index in [0.717, 1.165) is 0 Å². The van der Waals surface area contributed by atoms with Gasteiger partial charge in [0.15, 0.2) is 5.65 Å². The molecule has 0 saturated carbocycles. The first-order valence-corrected chi connectivity index (χ1v) is 9.17. The summed E-state index contributed by atoms with van der Waals surface area (Å²) < 4.78 is 16.0. The fourth-order valence-electron chi connectivity index (χ4n) is 3.27. The zero-order valence-electron chi connectivity index (χ0n) is 16.2. The number of aromatic amines is 1. The van der Waals surface area contributed by atoms with Crippen molar-refractivity contribution in [2.24, 2.45) is 5.73 Å². The van der Waals surface area contributed by atoms with Crippen LogP contribution in [-0.2, 0) is 4.74 Å². The van der Waals surface area contributed by atoms with Crippen LogP contribution < -0.4 is 25.8 Å². The number of nitrogens with one attached hydrogen (secondary N) is 1. The lowest BCUT2D eigenvalue weighted by Gasteiger charge is -2.27. The molecule has 0 bridgehead atoms. The lowest BCUT2D eigenvalue weighted by atomic mass is 10.0. The Kier molecular flexibility index (Phi) is 5.28. The van der Waals surface area contributed by atoms with Gasteiger partial charge in [0, 0.05) is 19.2 Å². The molecule has 1 unspecified atom stereocenters. The van der Waals surface area contributed by atoms with E-state index in [1.807, 2.05) is 0 Å². The first kappa shape index (κ1) is 19.1. The van der Waals surface area contributed by atoms with Crippen molar-refractivity contribution >= 4 is 17.0 Å². The van der Waals surface area contributed by atoms with Crippen LogP contribution in [0.3, 0.4) is 0 Å². The standard InChI is InChI=1S/C19H22N6O4/c1-27-12-7-11(8-13(9-12)28-2)15(20)16-17-18(24-19(26)23-16)22-14(10-21-17)25-3-5-29-6-4-25/h7-10,15H,3-6,20H2,1-2H3,(H,22,23,24,26). The maximum absolute atomic E-state index is 12.2. The number of H-pyrrole nitrogens is 1. The van der Waals surface area contributed by atoms with Crippen molar-refractivity contribution in [2.75, 3.05) is 45.4 Å². The van der Waals surface area contributed by atoms with Crippen LogP contribution in [0.2, 0.25) is 0 Å². The lowest BCUT2D eigenvalue weighted by molar-refractivity contribution is 0.122. The molecule has 0 amide bonds. The van der Waals surface area contributed by atoms with Gasteiger partial charge < -0.3 is 24.8 Å². The van der Waals surface area contributed by atoms with Gasteiger partial charge in [-0.05, 0) is 17.7 Å². The largest absolute Gasteiger partial charge is 0.497 e. The summed E-state index contributed by atoms with van der Waals surface area (Å²) in [5, 5.41) is 0. The molecule has 0 aliphatic carbocycles. The number of methoxy groups -OCH3 is 2. The predicted octanol–water partition coefficient (Wildman–Crippen LogP) is 0.615. The maximum atomic E-state index is 12.2. The second kappa shape index (κ2) is 8.02. The minimum atomic E-state index is -0.715. The molecule has 3 N–H and O–H groups in total. The molecular formula is C19H22N6O4. The van der Waals surface area contributed by atoms with Crippen LogP contribution in [0.1, 0.15) is 17.3 Å². The number of fused-ring (bicyclic) bond motifs is 1. The van der Waals surface area contributed by atoms with Crippen molar-refractivity contribution in [1.29, 1.82) is 0 Å². The first-order chi connectivity index (χ1) is 14.1. The molecule has 152 valence electrons. The summed E-state index contributed by atoms with van der Waals surface area (Å²) >= 11 is 0. The van der Waals surface area contributed by atoms with Crippen LogP contribution in [0.5, 0.6) is 11.5 Å². The van der Waals surface area contributed by atoms with Crippen LogP contribution in [0, 0.1) is 0 Å². The summed E-state index contributed by atoms with van der Waals surface area (Å²) in [5.74, 6) is 1.85. The zero-order valence-corrected chi connectivity index (χ0v) is 16.2. The van der Waals surface area contributed by atoms with Gasteiger partial charge in [0.25, 0.3) is 0 Å². The zero-order chi connectivity index (χ0) is 20.4. The number of benzene rings is 1. The number of morpholine rings is 1. The highest BCUT2D eigenvalue weighted by molar-refractivity contribution is 5.74. The molecule has 10 heteroatoms. The summed E-state index contributed by atoms with van der Waals surface area (Å²) in [4.78, 5) is 30.1. The summed E-state index contributed by atoms with van der Waals surface area (Å²) in [7, 11) is 3.12. The Morgan fingerprint density at radius 2 is 1.83 bits per heavy atom. The third kappa shape index (κ3) is 3.84. The molecule has 0 radical (unpaired) electrons. The monoisotopic (exact) mass is 398 g/mol. The number of nitrogens with two attached hydrogens (primary N) is 1. The highest BCUT2D eigenvalue weighted by Gasteiger charge is 2.20. The Balaban J connectivity index is 1.78. The van der Waals surface area contributed by atoms with E-state index in [0.29, 0.717) is 66.0 Å². The Hall–Kier alpha value is -3.24. The number of hydrogen-bond acceptors (Lipinski definition) is 9. The molecule has 1 atom stereocenters. The number of nitrogens with zero attached hydrogens (tertiary/aromatic N) is 4. The molecule has 1 aromatic carbocycles. The molecule has 1 aliphatic heterocycles. The fraction of sp³-hybridized carbons (Fsp3) is 0.368. The average molecular weight is 398 g/mol. The molecule has 3 aromatic rings. The molecule has 29 heavy (non-hydrogen) atoms. The summed E-state index contributed by atoms with van der Waals surface area (Å²) in [6.45, 7) is 2.68. The number of anilines is 1. The van der Waals surface area contributed by atoms with E-state index in [-0.39, 0.29) is 0 Å². The van der Waals surface area contributed by atoms with Gasteiger partial charge in [-0.2, -0.15) is 4.98 Å². The number of hydrogen-bond donors (Lipinski definition) is 2. The minimum absolute atomic E-state index is 0.333. The minimum Gasteiger partial charge on any atom is -0.497 e. The molecule has 2 aromatic heterocycles. The highest BCUT2D eigenvalue weighted by Crippen LogP contribution is 2.29. The quantitative estimate of drug-likeness (QED) is 0.635. The second-order valence-electron chi connectivity index (χ2n) is 6.58. The van der Waals surface area contributed by atoms with Gasteiger partial charge >= 0.3 is 5.69 Å². The van der Waals surface area contributed by atoms with Gasteiger partial charge in [-0.3, -0.25) is 4.98 Å². The fourth-order valence-corrected chi connectivity index (χ4v) is 3.27. The maximum Gasteiger partial charge on any atom is 0.346 e. The molecular weight excluding hydrogens is 376 g/mol. The Morgan fingerprint density at radius 1 is 1.14 bits per heavy atom. The first-order valence-electron chi connectivity index (χ1n) is 9.17. The smallest absolute Gasteiger partial charge is 0.346 e. The number of aromatic nitrogens is 4. The summed E-state index contributed by atoms with van der Waals surface area (Å²) in [6.07, 6.45) is 1.66. The van der Waals surface area contributed by atoms with Crippen LogP contribution in [0.4, 0.5) is 5.82 Å². The van der Waals surface area contributed by atoms with Gasteiger partial charge in [0.05, 0.1) is 45.4 Å². The molecule has 4 rings (SSSR count). The highest BCUT2D eigenvalue weighted by atomic mass is 16.5. The van der Waals surface area contributed by atoms with Gasteiger partial charge in [-0.25, -0.2) is 14.8 Å². The topological polar surface area (TPSA) is 128 Å². The third-order valence-electron chi connectivity index (χ3n) is 4.81. The van der Waals surface area contributed by atoms with Crippen LogP contribution in [-0.4, -0.2) is 60.5 Å². The number of rotatable bonds is 5. The molecule has 1 fully saturated rings. The van der Waals surface area contributed by atoms with E-state index in [4.69, 9.17) is 19.9 Å². The van der Waals surface area contributed by atoms with E-state index < -0.39 is 11.7 Å². The molecule has 3 heterocycles. The molecule has 1 saturated heterocycles. The Labute approximate surface area is 166 Å². The van der Waals surface area contributed by atoms with Crippen LogP contribution >= 0.6 is 0 Å². The van der Waals surface area contributed by atoms with Crippen molar-refractivity contribution in [2.45, 2.75) is 6.04 Å². The van der Waals surface area contributed by atoms with Gasteiger partial charge in [0.2, 0.25) is 0 Å². The van der Waals surface area contributed by atoms with E-state index >= 15 is 0 Å². The van der Waals surface area contributed by atoms with Crippen LogP contribution in [0.15, 0.2) is 29.2 Å².